The van der Waals surface area contributed by atoms with Crippen LogP contribution < -0.4 is 35.6 Å². The highest BCUT2D eigenvalue weighted by Crippen LogP contribution is 2.47. The molecule has 4 aliphatic rings. The molecule has 3 aromatic carbocycles. The summed E-state index contributed by atoms with van der Waals surface area (Å²) >= 11 is 6.47. The van der Waals surface area contributed by atoms with Crippen molar-refractivity contribution in [1.29, 1.82) is 0 Å². The molecular weight excluding hydrogens is 869 g/mol. The number of anilines is 5. The summed E-state index contributed by atoms with van der Waals surface area (Å²) < 4.78 is 35.3. The Morgan fingerprint density at radius 3 is 2.33 bits per heavy atom. The quantitative estimate of drug-likeness (QED) is 0.119. The molecule has 1 atom stereocenters. The first kappa shape index (κ1) is 44.5. The summed E-state index contributed by atoms with van der Waals surface area (Å²) in [5.41, 5.74) is 2.19. The number of carbonyl (C=O) groups is 5. The maximum atomic E-state index is 13.4. The third-order valence-electron chi connectivity index (χ3n) is 11.9. The van der Waals surface area contributed by atoms with Crippen molar-refractivity contribution in [2.75, 3.05) is 82.7 Å². The van der Waals surface area contributed by atoms with Crippen LogP contribution in [-0.4, -0.2) is 133 Å². The van der Waals surface area contributed by atoms with Gasteiger partial charge in [0.1, 0.15) is 22.6 Å². The fraction of sp³-hybridized carbons (Fsp3) is 0.372. The van der Waals surface area contributed by atoms with Gasteiger partial charge in [-0.2, -0.15) is 4.98 Å². The van der Waals surface area contributed by atoms with Crippen LogP contribution in [0.15, 0.2) is 66.9 Å². The number of nitrogens with zero attached hydrogens (tertiary/aromatic N) is 6. The van der Waals surface area contributed by atoms with Crippen LogP contribution in [0.5, 0.6) is 11.5 Å². The maximum absolute atomic E-state index is 13.4. The summed E-state index contributed by atoms with van der Waals surface area (Å²) in [6.45, 7) is 3.79. The predicted molar refractivity (Wildman–Crippen MR) is 236 cm³/mol. The monoisotopic (exact) mass is 915 g/mol. The molecule has 1 unspecified atom stereocenters. The van der Waals surface area contributed by atoms with E-state index < -0.39 is 37.3 Å². The first-order chi connectivity index (χ1) is 30.9. The van der Waals surface area contributed by atoms with Crippen molar-refractivity contribution in [1.82, 2.24) is 30.0 Å². The topological polar surface area (TPSA) is 214 Å². The lowest BCUT2D eigenvalue weighted by molar-refractivity contribution is -0.136. The lowest BCUT2D eigenvalue weighted by Crippen LogP contribution is -2.55. The number of para-hydroxylation sites is 1. The van der Waals surface area contributed by atoms with E-state index in [1.807, 2.05) is 18.2 Å². The largest absolute Gasteiger partial charge is 0.494 e. The van der Waals surface area contributed by atoms with Crippen LogP contribution in [0.2, 0.25) is 5.02 Å². The summed E-state index contributed by atoms with van der Waals surface area (Å²) in [5.74, 6) is -1.51. The molecule has 4 aromatic rings. The number of benzene rings is 3. The number of ether oxygens (including phenoxy) is 2. The van der Waals surface area contributed by atoms with E-state index in [2.05, 4.69) is 35.7 Å². The van der Waals surface area contributed by atoms with Gasteiger partial charge < -0.3 is 39.0 Å². The third kappa shape index (κ3) is 8.99. The number of amides is 5. The van der Waals surface area contributed by atoms with E-state index in [-0.39, 0.29) is 59.0 Å². The molecule has 3 fully saturated rings. The first-order valence-electron chi connectivity index (χ1n) is 20.7. The van der Waals surface area contributed by atoms with E-state index >= 15 is 0 Å². The van der Waals surface area contributed by atoms with Crippen LogP contribution in [0.3, 0.4) is 0 Å². The van der Waals surface area contributed by atoms with Gasteiger partial charge in [0.2, 0.25) is 17.8 Å². The number of methoxy groups -OCH3 is 1. The summed E-state index contributed by atoms with van der Waals surface area (Å²) in [5, 5.41) is 9.11. The van der Waals surface area contributed by atoms with E-state index in [0.29, 0.717) is 54.6 Å². The molecule has 0 radical (unpaired) electrons. The molecule has 1 aromatic heterocycles. The molecule has 0 saturated carbocycles. The number of piperidine rings is 2. The summed E-state index contributed by atoms with van der Waals surface area (Å²) in [6.07, 6.45) is 3.38. The van der Waals surface area contributed by atoms with E-state index in [4.69, 9.17) is 30.1 Å². The van der Waals surface area contributed by atoms with Crippen molar-refractivity contribution in [2.24, 2.45) is 0 Å². The number of hydrogen-bond donors (Lipinski definition) is 3. The molecule has 19 nitrogen and oxygen atoms in total. The van der Waals surface area contributed by atoms with Gasteiger partial charge in [-0.15, -0.1) is 0 Å². The SMILES string of the molecule is COc1cc(N2CCC(N3CCN(C(=O)COc4cccc5c4C(=O)N(C4CCC(=O)NC4=O)C5=O)CC3)CC2)ccc1Nc1ncc(Cl)c(Nc2ccccc2P(=O)(OC)OC)n1. The van der Waals surface area contributed by atoms with Crippen LogP contribution in [0.1, 0.15) is 46.4 Å². The number of fused-ring (bicyclic) bond motifs is 1. The number of hydrogen-bond acceptors (Lipinski definition) is 16. The van der Waals surface area contributed by atoms with Gasteiger partial charge in [-0.1, -0.05) is 29.8 Å². The first-order valence-corrected chi connectivity index (χ1v) is 22.6. The highest BCUT2D eigenvalue weighted by molar-refractivity contribution is 7.62. The molecule has 0 aliphatic carbocycles. The number of aromatic nitrogens is 2. The second-order valence-electron chi connectivity index (χ2n) is 15.5. The van der Waals surface area contributed by atoms with Gasteiger partial charge in [-0.3, -0.25) is 43.7 Å². The van der Waals surface area contributed by atoms with Gasteiger partial charge in [0.15, 0.2) is 12.4 Å². The van der Waals surface area contributed by atoms with Gasteiger partial charge in [-0.05, 0) is 55.7 Å². The Labute approximate surface area is 373 Å². The van der Waals surface area contributed by atoms with Crippen LogP contribution >= 0.6 is 19.2 Å². The average Bonchev–Trinajstić information content (AvgIpc) is 3.57. The molecule has 336 valence electrons. The molecule has 0 spiro atoms. The van der Waals surface area contributed by atoms with Crippen molar-refractivity contribution in [3.05, 3.63) is 83.0 Å². The lowest BCUT2D eigenvalue weighted by Gasteiger charge is -2.43. The van der Waals surface area contributed by atoms with Crippen LogP contribution in [0, 0.1) is 0 Å². The summed E-state index contributed by atoms with van der Waals surface area (Å²) in [4.78, 5) is 80.3. The number of piperazine rings is 1. The minimum absolute atomic E-state index is 0.00696. The van der Waals surface area contributed by atoms with Crippen LogP contribution in [-0.2, 0) is 28.0 Å². The van der Waals surface area contributed by atoms with Crippen LogP contribution in [0.25, 0.3) is 0 Å². The Bertz CT molecular complexity index is 2520. The Morgan fingerprint density at radius 2 is 1.61 bits per heavy atom. The molecule has 64 heavy (non-hydrogen) atoms. The number of carbonyl (C=O) groups excluding carboxylic acids is 5. The van der Waals surface area contributed by atoms with E-state index in [0.717, 1.165) is 36.5 Å². The van der Waals surface area contributed by atoms with E-state index in [9.17, 15) is 28.5 Å². The third-order valence-corrected chi connectivity index (χ3v) is 14.1. The van der Waals surface area contributed by atoms with Crippen LogP contribution in [0.4, 0.5) is 28.8 Å². The fourth-order valence-corrected chi connectivity index (χ4v) is 9.87. The highest BCUT2D eigenvalue weighted by Gasteiger charge is 2.46. The normalized spacial score (nSPS) is 18.5. The lowest BCUT2D eigenvalue weighted by atomic mass is 10.0. The maximum Gasteiger partial charge on any atom is 0.362 e. The van der Waals surface area contributed by atoms with Crippen molar-refractivity contribution in [2.45, 2.75) is 37.8 Å². The standard InChI is InChI=1S/C43H47ClN9O10P/c1-60-34-23-27(11-12-30(34)47-43-45-24-29(44)39(49-43)46-31-8-4-5-10-35(31)64(59,61-2)62-3)50-17-15-26(16-18-50)51-19-21-52(22-20-51)37(55)25-63-33-9-6-7-28-38(33)42(58)53(41(28)57)32-13-14-36(54)48-40(32)56/h4-12,23-24,26,32H,13-22,25H2,1-3H3,(H,48,54,56)(H2,45,46,47,49). The van der Waals surface area contributed by atoms with Gasteiger partial charge in [0.05, 0.1) is 41.1 Å². The van der Waals surface area contributed by atoms with E-state index in [1.165, 1.54) is 32.5 Å². The summed E-state index contributed by atoms with van der Waals surface area (Å²) in [6, 6.07) is 16.6. The Kier molecular flexibility index (Phi) is 13.2. The second-order valence-corrected chi connectivity index (χ2v) is 18.1. The minimum Gasteiger partial charge on any atom is -0.494 e. The van der Waals surface area contributed by atoms with Crippen molar-refractivity contribution in [3.63, 3.8) is 0 Å². The molecular formula is C43H47ClN9O10P. The number of nitrogens with one attached hydrogen (secondary N) is 3. The smallest absolute Gasteiger partial charge is 0.362 e. The number of imide groups is 2. The predicted octanol–water partition coefficient (Wildman–Crippen LogP) is 4.33. The molecule has 3 saturated heterocycles. The zero-order chi connectivity index (χ0) is 45.1. The van der Waals surface area contributed by atoms with Gasteiger partial charge >= 0.3 is 7.60 Å². The van der Waals surface area contributed by atoms with Gasteiger partial charge in [-0.25, -0.2) is 4.98 Å². The molecule has 5 heterocycles. The van der Waals surface area contributed by atoms with Crippen molar-refractivity contribution in [3.8, 4) is 11.5 Å². The second kappa shape index (κ2) is 18.9. The average molecular weight is 916 g/mol. The number of rotatable bonds is 14. The van der Waals surface area contributed by atoms with Gasteiger partial charge in [0.25, 0.3) is 17.7 Å². The summed E-state index contributed by atoms with van der Waals surface area (Å²) in [7, 11) is 0.643. The highest BCUT2D eigenvalue weighted by atomic mass is 35.5. The van der Waals surface area contributed by atoms with E-state index in [1.54, 1.807) is 42.3 Å². The molecule has 8 rings (SSSR count). The molecule has 4 aliphatic heterocycles. The van der Waals surface area contributed by atoms with Crippen molar-refractivity contribution >= 4 is 82.9 Å². The van der Waals surface area contributed by atoms with Crippen molar-refractivity contribution < 1.29 is 47.1 Å². The van der Waals surface area contributed by atoms with Gasteiger partial charge in [0, 0.05) is 77.7 Å². The zero-order valence-electron chi connectivity index (χ0n) is 35.4. The number of halogens is 1. The zero-order valence-corrected chi connectivity index (χ0v) is 37.0. The fourth-order valence-electron chi connectivity index (χ4n) is 8.49. The Balaban J connectivity index is 0.824. The molecule has 21 heteroatoms. The Morgan fingerprint density at radius 1 is 0.859 bits per heavy atom. The molecule has 5 amide bonds. The minimum atomic E-state index is -3.59. The Hall–Kier alpha value is -6.11. The molecule has 0 bridgehead atoms. The molecule has 3 N–H and O–H groups in total.